The molecule has 0 saturated heterocycles. The van der Waals surface area contributed by atoms with Gasteiger partial charge in [-0.2, -0.15) is 5.26 Å². The van der Waals surface area contributed by atoms with Gasteiger partial charge < -0.3 is 4.74 Å². The van der Waals surface area contributed by atoms with Crippen LogP contribution in [0.25, 0.3) is 0 Å². The monoisotopic (exact) mass is 223 g/mol. The normalized spacial score (nSPS) is 13.6. The van der Waals surface area contributed by atoms with Crippen LogP contribution in [0.2, 0.25) is 0 Å². The van der Waals surface area contributed by atoms with Crippen LogP contribution in [0.3, 0.4) is 0 Å². The second-order valence-corrected chi connectivity index (χ2v) is 3.54. The van der Waals surface area contributed by atoms with E-state index in [-0.39, 0.29) is 0 Å². The summed E-state index contributed by atoms with van der Waals surface area (Å²) >= 11 is 0. The quantitative estimate of drug-likeness (QED) is 0.724. The molecule has 0 N–H and O–H groups in total. The van der Waals surface area contributed by atoms with E-state index in [1.54, 1.807) is 42.5 Å². The molecule has 0 aliphatic heterocycles. The summed E-state index contributed by atoms with van der Waals surface area (Å²) in [7, 11) is 0. The van der Waals surface area contributed by atoms with E-state index >= 15 is 0 Å². The van der Waals surface area contributed by atoms with Crippen molar-refractivity contribution < 1.29 is 9.53 Å². The van der Waals surface area contributed by atoms with Gasteiger partial charge in [0.2, 0.25) is 0 Å². The number of hydrogen-bond donors (Lipinski definition) is 0. The summed E-state index contributed by atoms with van der Waals surface area (Å²) in [4.78, 5) is 10.5. The Morgan fingerprint density at radius 3 is 3.00 bits per heavy atom. The van der Waals surface area contributed by atoms with Crippen LogP contribution in [-0.2, 0) is 4.79 Å². The van der Waals surface area contributed by atoms with Crippen LogP contribution in [0.4, 0.5) is 0 Å². The largest absolute Gasteiger partial charge is 0.461 e. The summed E-state index contributed by atoms with van der Waals surface area (Å²) < 4.78 is 5.59. The molecule has 0 amide bonds. The predicted molar refractivity (Wildman–Crippen MR) is 62.8 cm³/mol. The number of nitrogens with zero attached hydrogens (tertiary/aromatic N) is 1. The van der Waals surface area contributed by atoms with E-state index in [0.29, 0.717) is 29.1 Å². The molecule has 0 fully saturated rings. The summed E-state index contributed by atoms with van der Waals surface area (Å²) in [6, 6.07) is 8.93. The fourth-order valence-corrected chi connectivity index (χ4v) is 1.50. The first-order valence-electron chi connectivity index (χ1n) is 5.11. The lowest BCUT2D eigenvalue weighted by Crippen LogP contribution is -1.99. The van der Waals surface area contributed by atoms with E-state index in [1.807, 2.05) is 12.0 Å². The molecule has 1 aromatic rings. The number of allylic oxidation sites excluding steroid dienone is 4. The van der Waals surface area contributed by atoms with Gasteiger partial charge in [-0.15, -0.1) is 0 Å². The summed E-state index contributed by atoms with van der Waals surface area (Å²) in [5, 5.41) is 8.76. The highest BCUT2D eigenvalue weighted by atomic mass is 16.5. The van der Waals surface area contributed by atoms with Crippen LogP contribution in [-0.4, -0.2) is 5.94 Å². The summed E-state index contributed by atoms with van der Waals surface area (Å²) in [5.41, 5.74) is 1.10. The van der Waals surface area contributed by atoms with Crippen molar-refractivity contribution in [2.75, 3.05) is 0 Å². The topological polar surface area (TPSA) is 50.1 Å². The maximum Gasteiger partial charge on any atom is 0.128 e. The number of carbonyl (C=O) groups excluding carboxylic acids is 1. The lowest BCUT2D eigenvalue weighted by molar-refractivity contribution is 0.412. The number of ether oxygens (including phenoxy) is 1. The van der Waals surface area contributed by atoms with Crippen LogP contribution in [0.15, 0.2) is 53.8 Å². The molecule has 0 aromatic heterocycles. The van der Waals surface area contributed by atoms with Crippen LogP contribution in [0.1, 0.15) is 12.0 Å². The number of rotatable bonds is 2. The minimum atomic E-state index is 0.427. The highest BCUT2D eigenvalue weighted by molar-refractivity contribution is 5.59. The molecule has 17 heavy (non-hydrogen) atoms. The Kier molecular flexibility index (Phi) is 3.20. The van der Waals surface area contributed by atoms with Crippen molar-refractivity contribution in [1.82, 2.24) is 0 Å². The minimum absolute atomic E-state index is 0.427. The molecular formula is C14H9NO2. The SMILES string of the molecule is N#Cc1cccc(OC2=CC=CC(=C=O)C2)c1. The fraction of sp³-hybridized carbons (Fsp3) is 0.0714. The molecule has 0 heterocycles. The molecular weight excluding hydrogens is 214 g/mol. The third-order valence-electron chi connectivity index (χ3n) is 2.29. The molecule has 3 nitrogen and oxygen atoms in total. The second kappa shape index (κ2) is 4.98. The highest BCUT2D eigenvalue weighted by Gasteiger charge is 2.07. The highest BCUT2D eigenvalue weighted by Crippen LogP contribution is 2.21. The lowest BCUT2D eigenvalue weighted by atomic mass is 10.1. The smallest absolute Gasteiger partial charge is 0.128 e. The van der Waals surface area contributed by atoms with Crippen LogP contribution in [0.5, 0.6) is 5.75 Å². The van der Waals surface area contributed by atoms with Crippen molar-refractivity contribution in [3.8, 4) is 11.8 Å². The Bertz CT molecular complexity index is 584. The molecule has 0 saturated carbocycles. The molecule has 1 aliphatic carbocycles. The average Bonchev–Trinajstić information content (AvgIpc) is 2.39. The van der Waals surface area contributed by atoms with Gasteiger partial charge in [-0.25, -0.2) is 4.79 Å². The summed E-state index contributed by atoms with van der Waals surface area (Å²) in [6.07, 6.45) is 5.66. The van der Waals surface area contributed by atoms with Gasteiger partial charge in [-0.05, 0) is 30.4 Å². The molecule has 3 heteroatoms. The van der Waals surface area contributed by atoms with Gasteiger partial charge >= 0.3 is 0 Å². The third-order valence-corrected chi connectivity index (χ3v) is 2.29. The predicted octanol–water partition coefficient (Wildman–Crippen LogP) is 2.54. The molecule has 0 radical (unpaired) electrons. The molecule has 0 spiro atoms. The zero-order valence-electron chi connectivity index (χ0n) is 9.01. The van der Waals surface area contributed by atoms with Gasteiger partial charge in [0.05, 0.1) is 11.6 Å². The second-order valence-electron chi connectivity index (χ2n) is 3.54. The minimum Gasteiger partial charge on any atom is -0.461 e. The standard InChI is InChI=1S/C14H9NO2/c15-9-11-3-1-5-13(7-11)17-14-6-2-4-12(8-14)10-16/h1-7H,8H2. The molecule has 1 aromatic carbocycles. The number of nitriles is 1. The first-order valence-corrected chi connectivity index (χ1v) is 5.11. The number of hydrogen-bond acceptors (Lipinski definition) is 3. The molecule has 1 aliphatic rings. The van der Waals surface area contributed by atoms with Gasteiger partial charge in [0.15, 0.2) is 0 Å². The van der Waals surface area contributed by atoms with Crippen LogP contribution in [0, 0.1) is 11.3 Å². The van der Waals surface area contributed by atoms with Crippen molar-refractivity contribution in [1.29, 1.82) is 5.26 Å². The van der Waals surface area contributed by atoms with E-state index < -0.39 is 0 Å². The Hall–Kier alpha value is -2.56. The van der Waals surface area contributed by atoms with Crippen LogP contribution < -0.4 is 4.74 Å². The van der Waals surface area contributed by atoms with Crippen molar-refractivity contribution in [3.05, 3.63) is 59.4 Å². The average molecular weight is 223 g/mol. The summed E-state index contributed by atoms with van der Waals surface area (Å²) in [6.45, 7) is 0. The Morgan fingerprint density at radius 2 is 2.24 bits per heavy atom. The van der Waals surface area contributed by atoms with Gasteiger partial charge in [0.1, 0.15) is 17.5 Å². The van der Waals surface area contributed by atoms with Crippen molar-refractivity contribution >= 4 is 5.94 Å². The van der Waals surface area contributed by atoms with Crippen molar-refractivity contribution in [2.45, 2.75) is 6.42 Å². The Balaban J connectivity index is 2.17. The van der Waals surface area contributed by atoms with Crippen molar-refractivity contribution in [3.63, 3.8) is 0 Å². The summed E-state index contributed by atoms with van der Waals surface area (Å²) in [5.74, 6) is 3.11. The van der Waals surface area contributed by atoms with E-state index in [2.05, 4.69) is 0 Å². The first kappa shape index (κ1) is 10.9. The maximum atomic E-state index is 10.5. The molecule has 0 atom stereocenters. The number of benzene rings is 1. The van der Waals surface area contributed by atoms with Crippen molar-refractivity contribution in [2.24, 2.45) is 0 Å². The fourth-order valence-electron chi connectivity index (χ4n) is 1.50. The third kappa shape index (κ3) is 2.72. The zero-order chi connectivity index (χ0) is 12.1. The van der Waals surface area contributed by atoms with Gasteiger partial charge in [-0.1, -0.05) is 12.1 Å². The molecule has 0 unspecified atom stereocenters. The molecule has 0 bridgehead atoms. The molecule has 2 rings (SSSR count). The van der Waals surface area contributed by atoms with Gasteiger partial charge in [0, 0.05) is 12.0 Å². The lowest BCUT2D eigenvalue weighted by Gasteiger charge is -2.11. The zero-order valence-corrected chi connectivity index (χ0v) is 9.01. The van der Waals surface area contributed by atoms with Gasteiger partial charge in [0.25, 0.3) is 0 Å². The van der Waals surface area contributed by atoms with E-state index in [0.717, 1.165) is 0 Å². The molecule has 82 valence electrons. The van der Waals surface area contributed by atoms with E-state index in [9.17, 15) is 4.79 Å². The van der Waals surface area contributed by atoms with Crippen LogP contribution >= 0.6 is 0 Å². The first-order chi connectivity index (χ1) is 8.31. The Morgan fingerprint density at radius 1 is 1.35 bits per heavy atom. The maximum absolute atomic E-state index is 10.5. The van der Waals surface area contributed by atoms with E-state index in [4.69, 9.17) is 10.00 Å². The van der Waals surface area contributed by atoms with Gasteiger partial charge in [-0.3, -0.25) is 0 Å². The van der Waals surface area contributed by atoms with E-state index in [1.165, 1.54) is 0 Å². The Labute approximate surface area is 98.9 Å².